The third kappa shape index (κ3) is 3.18. The Balaban J connectivity index is 1.83. The van der Waals surface area contributed by atoms with Gasteiger partial charge in [-0.15, -0.1) is 0 Å². The van der Waals surface area contributed by atoms with Crippen molar-refractivity contribution < 1.29 is 9.18 Å². The Morgan fingerprint density at radius 1 is 1.24 bits per heavy atom. The molecule has 1 aliphatic rings. The number of pyridine rings is 1. The van der Waals surface area contributed by atoms with Crippen molar-refractivity contribution in [1.29, 1.82) is 0 Å². The van der Waals surface area contributed by atoms with Crippen LogP contribution in [-0.2, 0) is 6.54 Å². The zero-order valence-electron chi connectivity index (χ0n) is 11.4. The molecule has 5 heteroatoms. The molecule has 108 valence electrons. The molecule has 0 aliphatic heterocycles. The lowest BCUT2D eigenvalue weighted by atomic mass is 10.1. The minimum Gasteiger partial charge on any atom is -0.331 e. The highest BCUT2D eigenvalue weighted by atomic mass is 19.1. The summed E-state index contributed by atoms with van der Waals surface area (Å²) >= 11 is 0. The Morgan fingerprint density at radius 2 is 1.95 bits per heavy atom. The largest absolute Gasteiger partial charge is 0.331 e. The number of aromatic nitrogens is 1. The highest BCUT2D eigenvalue weighted by Crippen LogP contribution is 2.29. The molecular weight excluding hydrogens is 271 g/mol. The number of H-pyrrole nitrogens is 1. The number of halogens is 1. The first-order valence-electron chi connectivity index (χ1n) is 6.87. The zero-order chi connectivity index (χ0) is 14.8. The fraction of sp³-hybridized carbons (Fsp3) is 0.250. The zero-order valence-corrected chi connectivity index (χ0v) is 11.4. The van der Waals surface area contributed by atoms with Crippen LogP contribution in [0, 0.1) is 5.82 Å². The second-order valence-electron chi connectivity index (χ2n) is 5.23. The minimum atomic E-state index is -0.294. The van der Waals surface area contributed by atoms with Crippen LogP contribution >= 0.6 is 0 Å². The lowest BCUT2D eigenvalue weighted by molar-refractivity contribution is 0.0729. The number of carbonyl (C=O) groups is 1. The van der Waals surface area contributed by atoms with Crippen LogP contribution in [-0.4, -0.2) is 21.8 Å². The summed E-state index contributed by atoms with van der Waals surface area (Å²) in [6.45, 7) is 0.427. The van der Waals surface area contributed by atoms with Crippen LogP contribution < -0.4 is 5.56 Å². The van der Waals surface area contributed by atoms with Crippen LogP contribution in [0.4, 0.5) is 4.39 Å². The number of carbonyl (C=O) groups excluding carboxylic acids is 1. The monoisotopic (exact) mass is 286 g/mol. The van der Waals surface area contributed by atoms with Crippen molar-refractivity contribution in [3.8, 4) is 0 Å². The number of nitrogens with zero attached hydrogens (tertiary/aromatic N) is 1. The molecule has 1 N–H and O–H groups in total. The fourth-order valence-corrected chi connectivity index (χ4v) is 2.28. The van der Waals surface area contributed by atoms with E-state index in [1.165, 1.54) is 24.4 Å². The number of aromatic amines is 1. The van der Waals surface area contributed by atoms with Crippen molar-refractivity contribution in [2.24, 2.45) is 0 Å². The van der Waals surface area contributed by atoms with Crippen molar-refractivity contribution in [2.75, 3.05) is 0 Å². The van der Waals surface area contributed by atoms with Crippen LogP contribution in [0.3, 0.4) is 0 Å². The van der Waals surface area contributed by atoms with E-state index in [1.807, 2.05) is 0 Å². The van der Waals surface area contributed by atoms with Gasteiger partial charge in [-0.2, -0.15) is 0 Å². The van der Waals surface area contributed by atoms with E-state index in [-0.39, 0.29) is 23.3 Å². The number of benzene rings is 1. The molecule has 0 bridgehead atoms. The van der Waals surface area contributed by atoms with Crippen molar-refractivity contribution in [3.63, 3.8) is 0 Å². The molecule has 1 aromatic carbocycles. The molecule has 1 fully saturated rings. The predicted molar refractivity (Wildman–Crippen MR) is 76.4 cm³/mol. The molecule has 0 radical (unpaired) electrons. The van der Waals surface area contributed by atoms with Crippen molar-refractivity contribution in [1.82, 2.24) is 9.88 Å². The Bertz CT molecular complexity index is 705. The van der Waals surface area contributed by atoms with Gasteiger partial charge in [-0.1, -0.05) is 12.1 Å². The van der Waals surface area contributed by atoms with Crippen LogP contribution in [0.2, 0.25) is 0 Å². The van der Waals surface area contributed by atoms with E-state index in [0.717, 1.165) is 18.4 Å². The Kier molecular flexibility index (Phi) is 3.56. The maximum absolute atomic E-state index is 12.9. The summed E-state index contributed by atoms with van der Waals surface area (Å²) in [5, 5.41) is 0. The molecule has 0 saturated heterocycles. The molecule has 1 heterocycles. The first kappa shape index (κ1) is 13.5. The van der Waals surface area contributed by atoms with Gasteiger partial charge in [0.1, 0.15) is 5.82 Å². The standard InChI is InChI=1S/C16H15FN2O2/c17-13-3-1-11(2-4-13)10-19(14-5-6-14)16(21)12-7-8-18-15(20)9-12/h1-4,7-9,14H,5-6,10H2,(H,18,20). The molecule has 0 atom stereocenters. The molecule has 0 unspecified atom stereocenters. The molecule has 21 heavy (non-hydrogen) atoms. The first-order valence-corrected chi connectivity index (χ1v) is 6.87. The van der Waals surface area contributed by atoms with E-state index >= 15 is 0 Å². The second kappa shape index (κ2) is 5.52. The van der Waals surface area contributed by atoms with E-state index in [2.05, 4.69) is 4.98 Å². The lowest BCUT2D eigenvalue weighted by Crippen LogP contribution is -2.33. The van der Waals surface area contributed by atoms with Crippen molar-refractivity contribution >= 4 is 5.91 Å². The van der Waals surface area contributed by atoms with Gasteiger partial charge in [0.2, 0.25) is 5.56 Å². The van der Waals surface area contributed by atoms with Crippen LogP contribution in [0.5, 0.6) is 0 Å². The van der Waals surface area contributed by atoms with E-state index in [9.17, 15) is 14.0 Å². The van der Waals surface area contributed by atoms with Crippen LogP contribution in [0.1, 0.15) is 28.8 Å². The maximum Gasteiger partial charge on any atom is 0.254 e. The summed E-state index contributed by atoms with van der Waals surface area (Å²) in [4.78, 5) is 28.1. The third-order valence-corrected chi connectivity index (χ3v) is 3.54. The Labute approximate surface area is 121 Å². The van der Waals surface area contributed by atoms with E-state index in [1.54, 1.807) is 23.1 Å². The highest BCUT2D eigenvalue weighted by molar-refractivity contribution is 5.94. The predicted octanol–water partition coefficient (Wildman–Crippen LogP) is 2.32. The SMILES string of the molecule is O=C(c1cc[nH]c(=O)c1)N(Cc1ccc(F)cc1)C1CC1. The number of nitrogens with one attached hydrogen (secondary N) is 1. The lowest BCUT2D eigenvalue weighted by Gasteiger charge is -2.22. The van der Waals surface area contributed by atoms with Gasteiger partial charge in [-0.05, 0) is 36.6 Å². The minimum absolute atomic E-state index is 0.159. The number of amides is 1. The normalized spacial score (nSPS) is 14.0. The maximum atomic E-state index is 12.9. The van der Waals surface area contributed by atoms with E-state index < -0.39 is 0 Å². The van der Waals surface area contributed by atoms with Gasteiger partial charge >= 0.3 is 0 Å². The molecule has 2 aromatic rings. The number of hydrogen-bond acceptors (Lipinski definition) is 2. The second-order valence-corrected chi connectivity index (χ2v) is 5.23. The Morgan fingerprint density at radius 3 is 2.57 bits per heavy atom. The third-order valence-electron chi connectivity index (χ3n) is 3.54. The van der Waals surface area contributed by atoms with Crippen molar-refractivity contribution in [3.05, 3.63) is 69.9 Å². The summed E-state index contributed by atoms with van der Waals surface area (Å²) in [5.74, 6) is -0.453. The summed E-state index contributed by atoms with van der Waals surface area (Å²) < 4.78 is 12.9. The average molecular weight is 286 g/mol. The first-order chi connectivity index (χ1) is 10.1. The quantitative estimate of drug-likeness (QED) is 0.937. The van der Waals surface area contributed by atoms with Gasteiger partial charge in [-0.25, -0.2) is 4.39 Å². The smallest absolute Gasteiger partial charge is 0.254 e. The Hall–Kier alpha value is -2.43. The summed E-state index contributed by atoms with van der Waals surface area (Å²) in [6, 6.07) is 9.25. The van der Waals surface area contributed by atoms with E-state index in [0.29, 0.717) is 12.1 Å². The van der Waals surface area contributed by atoms with Gasteiger partial charge in [-0.3, -0.25) is 9.59 Å². The fourth-order valence-electron chi connectivity index (χ4n) is 2.28. The average Bonchev–Trinajstić information content (AvgIpc) is 3.30. The van der Waals surface area contributed by atoms with Crippen LogP contribution in [0.15, 0.2) is 47.4 Å². The molecule has 1 aromatic heterocycles. The topological polar surface area (TPSA) is 53.2 Å². The molecule has 3 rings (SSSR count). The molecular formula is C16H15FN2O2. The van der Waals surface area contributed by atoms with Gasteiger partial charge in [0.25, 0.3) is 5.91 Å². The number of rotatable bonds is 4. The molecule has 4 nitrogen and oxygen atoms in total. The van der Waals surface area contributed by atoms with Gasteiger partial charge in [0.05, 0.1) is 0 Å². The van der Waals surface area contributed by atoms with Gasteiger partial charge in [0.15, 0.2) is 0 Å². The van der Waals surface area contributed by atoms with E-state index in [4.69, 9.17) is 0 Å². The molecule has 1 aliphatic carbocycles. The summed E-state index contributed by atoms with van der Waals surface area (Å²) in [6.07, 6.45) is 3.41. The molecule has 1 amide bonds. The van der Waals surface area contributed by atoms with Crippen LogP contribution in [0.25, 0.3) is 0 Å². The van der Waals surface area contributed by atoms with Crippen molar-refractivity contribution in [2.45, 2.75) is 25.4 Å². The van der Waals surface area contributed by atoms with Gasteiger partial charge in [0, 0.05) is 30.4 Å². The number of hydrogen-bond donors (Lipinski definition) is 1. The summed E-state index contributed by atoms with van der Waals surface area (Å²) in [5.41, 5.74) is 0.965. The molecule has 0 spiro atoms. The molecule has 1 saturated carbocycles. The van der Waals surface area contributed by atoms with Gasteiger partial charge < -0.3 is 9.88 Å². The highest BCUT2D eigenvalue weighted by Gasteiger charge is 2.33. The summed E-state index contributed by atoms with van der Waals surface area (Å²) in [7, 11) is 0.